The molecule has 2 amide bonds. The number of nitrogens with one attached hydrogen (secondary N) is 1. The van der Waals surface area contributed by atoms with Crippen LogP contribution in [0.5, 0.6) is 0 Å². The normalized spacial score (nSPS) is 20.5. The molecular weight excluding hydrogens is 318 g/mol. The van der Waals surface area contributed by atoms with Crippen LogP contribution in [0.3, 0.4) is 0 Å². The summed E-state index contributed by atoms with van der Waals surface area (Å²) < 4.78 is 5.41. The van der Waals surface area contributed by atoms with Gasteiger partial charge in [0.05, 0.1) is 6.04 Å². The van der Waals surface area contributed by atoms with E-state index in [9.17, 15) is 9.59 Å². The lowest BCUT2D eigenvalue weighted by atomic mass is 10.1. The molecule has 0 spiro atoms. The van der Waals surface area contributed by atoms with E-state index >= 15 is 0 Å². The van der Waals surface area contributed by atoms with Crippen LogP contribution in [0.2, 0.25) is 0 Å². The molecule has 0 unspecified atom stereocenters. The fraction of sp³-hybridized carbons (Fsp3) is 0.579. The molecule has 1 aliphatic heterocycles. The van der Waals surface area contributed by atoms with Crippen LogP contribution in [-0.2, 0) is 16.1 Å². The number of hydrogen-bond donors (Lipinski definition) is 1. The summed E-state index contributed by atoms with van der Waals surface area (Å²) in [6.07, 6.45) is 0.277. The minimum absolute atomic E-state index is 0.00852. The standard InChI is InChI=1S/C19H29N3O3/c1-14(2)11-22-12-16(10-17(22)18(23)20-3)21(4)19(24)25-13-15-8-6-5-7-9-15/h5-9,14,16-17H,10-13H2,1-4H3,(H,20,23)/t16-,17-/m0/s1. The topological polar surface area (TPSA) is 61.9 Å². The molecule has 1 aliphatic rings. The maximum absolute atomic E-state index is 12.4. The maximum atomic E-state index is 12.4. The number of rotatable bonds is 6. The minimum Gasteiger partial charge on any atom is -0.445 e. The molecule has 0 saturated carbocycles. The zero-order chi connectivity index (χ0) is 18.4. The third-order valence-electron chi connectivity index (χ3n) is 4.57. The monoisotopic (exact) mass is 347 g/mol. The van der Waals surface area contributed by atoms with Gasteiger partial charge < -0.3 is 15.0 Å². The lowest BCUT2D eigenvalue weighted by Crippen LogP contribution is -2.43. The highest BCUT2D eigenvalue weighted by Gasteiger charge is 2.39. The highest BCUT2D eigenvalue weighted by atomic mass is 16.6. The first-order chi connectivity index (χ1) is 11.9. The Bertz CT molecular complexity index is 577. The van der Waals surface area contributed by atoms with Gasteiger partial charge in [0.25, 0.3) is 0 Å². The van der Waals surface area contributed by atoms with Gasteiger partial charge in [0.1, 0.15) is 6.61 Å². The van der Waals surface area contributed by atoms with Crippen LogP contribution in [0.25, 0.3) is 0 Å². The van der Waals surface area contributed by atoms with Gasteiger partial charge in [-0.15, -0.1) is 0 Å². The first-order valence-corrected chi connectivity index (χ1v) is 8.81. The smallest absolute Gasteiger partial charge is 0.410 e. The summed E-state index contributed by atoms with van der Waals surface area (Å²) in [5.74, 6) is 0.468. The van der Waals surface area contributed by atoms with Crippen molar-refractivity contribution in [3.8, 4) is 0 Å². The second-order valence-corrected chi connectivity index (χ2v) is 7.02. The van der Waals surface area contributed by atoms with Crippen LogP contribution in [0.15, 0.2) is 30.3 Å². The zero-order valence-corrected chi connectivity index (χ0v) is 15.6. The van der Waals surface area contributed by atoms with Crippen molar-refractivity contribution in [1.82, 2.24) is 15.1 Å². The molecule has 1 aromatic rings. The van der Waals surface area contributed by atoms with Crippen LogP contribution < -0.4 is 5.32 Å². The number of ether oxygens (including phenoxy) is 1. The van der Waals surface area contributed by atoms with E-state index in [1.807, 2.05) is 30.3 Å². The highest BCUT2D eigenvalue weighted by molar-refractivity contribution is 5.82. The molecule has 0 aliphatic carbocycles. The summed E-state index contributed by atoms with van der Waals surface area (Å²) in [7, 11) is 3.40. The number of benzene rings is 1. The van der Waals surface area contributed by atoms with E-state index in [0.29, 0.717) is 18.9 Å². The van der Waals surface area contributed by atoms with Crippen molar-refractivity contribution >= 4 is 12.0 Å². The van der Waals surface area contributed by atoms with E-state index in [4.69, 9.17) is 4.74 Å². The van der Waals surface area contributed by atoms with Gasteiger partial charge in [-0.2, -0.15) is 0 Å². The molecule has 2 rings (SSSR count). The van der Waals surface area contributed by atoms with Crippen molar-refractivity contribution in [2.75, 3.05) is 27.2 Å². The largest absolute Gasteiger partial charge is 0.445 e. The summed E-state index contributed by atoms with van der Waals surface area (Å²) in [6, 6.07) is 9.40. The fourth-order valence-electron chi connectivity index (χ4n) is 3.24. The van der Waals surface area contributed by atoms with Crippen molar-refractivity contribution in [3.63, 3.8) is 0 Å². The molecule has 1 heterocycles. The molecule has 1 aromatic carbocycles. The van der Waals surface area contributed by atoms with Crippen LogP contribution in [0, 0.1) is 5.92 Å². The van der Waals surface area contributed by atoms with Gasteiger partial charge in [-0.3, -0.25) is 9.69 Å². The molecule has 1 N–H and O–H groups in total. The number of nitrogens with zero attached hydrogens (tertiary/aromatic N) is 2. The minimum atomic E-state index is -0.351. The lowest BCUT2D eigenvalue weighted by Gasteiger charge is -2.25. The molecule has 138 valence electrons. The summed E-state index contributed by atoms with van der Waals surface area (Å²) in [6.45, 7) is 6.04. The van der Waals surface area contributed by atoms with Gasteiger partial charge in [-0.05, 0) is 17.9 Å². The van der Waals surface area contributed by atoms with E-state index in [2.05, 4.69) is 24.1 Å². The Labute approximate surface area is 150 Å². The molecular formula is C19H29N3O3. The second-order valence-electron chi connectivity index (χ2n) is 7.02. The van der Waals surface area contributed by atoms with Crippen molar-refractivity contribution in [2.45, 2.75) is 39.0 Å². The molecule has 1 fully saturated rings. The van der Waals surface area contributed by atoms with Crippen molar-refractivity contribution < 1.29 is 14.3 Å². The summed E-state index contributed by atoms with van der Waals surface area (Å²) in [5.41, 5.74) is 0.959. The van der Waals surface area contributed by atoms with Crippen molar-refractivity contribution in [1.29, 1.82) is 0 Å². The average Bonchev–Trinajstić information content (AvgIpc) is 3.02. The third-order valence-corrected chi connectivity index (χ3v) is 4.57. The molecule has 0 aromatic heterocycles. The number of hydrogen-bond acceptors (Lipinski definition) is 4. The van der Waals surface area contributed by atoms with Gasteiger partial charge in [-0.1, -0.05) is 44.2 Å². The zero-order valence-electron chi connectivity index (χ0n) is 15.6. The quantitative estimate of drug-likeness (QED) is 0.856. The van der Waals surface area contributed by atoms with E-state index in [1.54, 1.807) is 19.0 Å². The van der Waals surface area contributed by atoms with E-state index < -0.39 is 0 Å². The SMILES string of the molecule is CNC(=O)[C@@H]1C[C@H](N(C)C(=O)OCc2ccccc2)CN1CC(C)C. The lowest BCUT2D eigenvalue weighted by molar-refractivity contribution is -0.125. The maximum Gasteiger partial charge on any atom is 0.410 e. The van der Waals surface area contributed by atoms with Crippen LogP contribution in [0.1, 0.15) is 25.8 Å². The molecule has 25 heavy (non-hydrogen) atoms. The summed E-state index contributed by atoms with van der Waals surface area (Å²) >= 11 is 0. The van der Waals surface area contributed by atoms with Gasteiger partial charge in [0, 0.05) is 33.2 Å². The number of carbonyl (C=O) groups excluding carboxylic acids is 2. The first kappa shape index (κ1) is 19.2. The van der Waals surface area contributed by atoms with Crippen molar-refractivity contribution in [3.05, 3.63) is 35.9 Å². The Morgan fingerprint density at radius 2 is 2.00 bits per heavy atom. The van der Waals surface area contributed by atoms with E-state index in [-0.39, 0.29) is 30.7 Å². The Morgan fingerprint density at radius 3 is 2.60 bits per heavy atom. The van der Waals surface area contributed by atoms with Gasteiger partial charge >= 0.3 is 6.09 Å². The average molecular weight is 347 g/mol. The Balaban J connectivity index is 1.94. The van der Waals surface area contributed by atoms with Gasteiger partial charge in [-0.25, -0.2) is 4.79 Å². The Morgan fingerprint density at radius 1 is 1.32 bits per heavy atom. The van der Waals surface area contributed by atoms with Crippen LogP contribution in [0.4, 0.5) is 4.79 Å². The predicted molar refractivity (Wildman–Crippen MR) is 97.1 cm³/mol. The van der Waals surface area contributed by atoms with Gasteiger partial charge in [0.15, 0.2) is 0 Å². The van der Waals surface area contributed by atoms with Gasteiger partial charge in [0.2, 0.25) is 5.91 Å². The highest BCUT2D eigenvalue weighted by Crippen LogP contribution is 2.23. The molecule has 0 radical (unpaired) electrons. The Hall–Kier alpha value is -2.08. The molecule has 6 nitrogen and oxygen atoms in total. The summed E-state index contributed by atoms with van der Waals surface area (Å²) in [4.78, 5) is 28.3. The first-order valence-electron chi connectivity index (χ1n) is 8.81. The van der Waals surface area contributed by atoms with Crippen LogP contribution in [-0.4, -0.2) is 61.1 Å². The van der Waals surface area contributed by atoms with Crippen molar-refractivity contribution in [2.24, 2.45) is 5.92 Å². The predicted octanol–water partition coefficient (Wildman–Crippen LogP) is 2.10. The number of amides is 2. The fourth-order valence-corrected chi connectivity index (χ4v) is 3.24. The third kappa shape index (κ3) is 5.19. The van der Waals surface area contributed by atoms with E-state index in [0.717, 1.165) is 12.1 Å². The van der Waals surface area contributed by atoms with Crippen LogP contribution >= 0.6 is 0 Å². The molecule has 0 bridgehead atoms. The van der Waals surface area contributed by atoms with E-state index in [1.165, 1.54) is 0 Å². The number of likely N-dealkylation sites (N-methyl/N-ethyl adjacent to an activating group) is 2. The summed E-state index contributed by atoms with van der Waals surface area (Å²) in [5, 5.41) is 2.73. The second kappa shape index (κ2) is 8.85. The molecule has 6 heteroatoms. The number of likely N-dealkylation sites (tertiary alicyclic amines) is 1. The molecule has 1 saturated heterocycles. The number of carbonyl (C=O) groups is 2. The Kier molecular flexibility index (Phi) is 6.82. The molecule has 2 atom stereocenters.